The van der Waals surface area contributed by atoms with Crippen molar-refractivity contribution in [1.82, 2.24) is 5.32 Å². The molecule has 0 fully saturated rings. The van der Waals surface area contributed by atoms with Crippen LogP contribution in [0.5, 0.6) is 0 Å². The Kier molecular flexibility index (Phi) is 5.44. The second kappa shape index (κ2) is 7.11. The number of aryl methyl sites for hydroxylation is 3. The molecule has 21 heavy (non-hydrogen) atoms. The molecule has 0 saturated carbocycles. The monoisotopic (exact) mass is 301 g/mol. The molecular weight excluding hydrogens is 278 g/mol. The fourth-order valence-corrected chi connectivity index (χ4v) is 2.99. The van der Waals surface area contributed by atoms with Gasteiger partial charge in [-0.05, 0) is 67.6 Å². The summed E-state index contributed by atoms with van der Waals surface area (Å²) in [5.74, 6) is 0. The minimum atomic E-state index is 0.326. The molecule has 1 nitrogen and oxygen atoms in total. The molecule has 0 radical (unpaired) electrons. The predicted molar refractivity (Wildman–Crippen MR) is 92.2 cm³/mol. The van der Waals surface area contributed by atoms with Gasteiger partial charge in [-0.2, -0.15) is 0 Å². The number of hydrogen-bond donors (Lipinski definition) is 1. The summed E-state index contributed by atoms with van der Waals surface area (Å²) in [6.45, 7) is 9.50. The number of halogens is 1. The van der Waals surface area contributed by atoms with Crippen molar-refractivity contribution in [1.29, 1.82) is 0 Å². The summed E-state index contributed by atoms with van der Waals surface area (Å²) in [6, 6.07) is 13.2. The fourth-order valence-electron chi connectivity index (χ4n) is 2.78. The third kappa shape index (κ3) is 3.87. The summed E-state index contributed by atoms with van der Waals surface area (Å²) in [5.41, 5.74) is 6.50. The molecule has 2 heteroatoms. The SMILES string of the molecule is CCNC(Cc1ccccc1C)c1cc(C)c(Cl)cc1C. The van der Waals surface area contributed by atoms with Gasteiger partial charge in [0.2, 0.25) is 0 Å². The van der Waals surface area contributed by atoms with Crippen LogP contribution in [0.1, 0.15) is 40.8 Å². The van der Waals surface area contributed by atoms with E-state index in [2.05, 4.69) is 69.4 Å². The van der Waals surface area contributed by atoms with E-state index in [-0.39, 0.29) is 0 Å². The highest BCUT2D eigenvalue weighted by atomic mass is 35.5. The lowest BCUT2D eigenvalue weighted by Crippen LogP contribution is -2.24. The maximum Gasteiger partial charge on any atom is 0.0438 e. The molecule has 0 aliphatic carbocycles. The predicted octanol–water partition coefficient (Wildman–Crippen LogP) is 5.16. The first-order valence-electron chi connectivity index (χ1n) is 7.57. The Bertz CT molecular complexity index is 619. The first-order chi connectivity index (χ1) is 10.0. The van der Waals surface area contributed by atoms with Crippen LogP contribution in [0.15, 0.2) is 36.4 Å². The Hall–Kier alpha value is -1.31. The van der Waals surface area contributed by atoms with Crippen molar-refractivity contribution in [2.75, 3.05) is 6.54 Å². The molecule has 2 aromatic carbocycles. The maximum atomic E-state index is 6.23. The molecule has 1 N–H and O–H groups in total. The van der Waals surface area contributed by atoms with Crippen molar-refractivity contribution < 1.29 is 0 Å². The van der Waals surface area contributed by atoms with Gasteiger partial charge in [0.1, 0.15) is 0 Å². The standard InChI is InChI=1S/C19H24ClN/c1-5-21-19(12-16-9-7-6-8-13(16)2)17-10-15(4)18(20)11-14(17)3/h6-11,19,21H,5,12H2,1-4H3. The lowest BCUT2D eigenvalue weighted by molar-refractivity contribution is 0.546. The summed E-state index contributed by atoms with van der Waals surface area (Å²) in [5, 5.41) is 4.47. The number of rotatable bonds is 5. The summed E-state index contributed by atoms with van der Waals surface area (Å²) in [4.78, 5) is 0. The average Bonchev–Trinajstić information content (AvgIpc) is 2.45. The highest BCUT2D eigenvalue weighted by Gasteiger charge is 2.15. The number of benzene rings is 2. The van der Waals surface area contributed by atoms with Crippen molar-refractivity contribution in [3.63, 3.8) is 0 Å². The summed E-state index contributed by atoms with van der Waals surface area (Å²) >= 11 is 6.23. The molecule has 1 atom stereocenters. The molecule has 0 saturated heterocycles. The van der Waals surface area contributed by atoms with Gasteiger partial charge in [-0.1, -0.05) is 48.9 Å². The van der Waals surface area contributed by atoms with Crippen LogP contribution in [0.3, 0.4) is 0 Å². The summed E-state index contributed by atoms with van der Waals surface area (Å²) in [6.07, 6.45) is 1.00. The van der Waals surface area contributed by atoms with E-state index in [1.807, 2.05) is 0 Å². The van der Waals surface area contributed by atoms with Crippen LogP contribution >= 0.6 is 11.6 Å². The second-order valence-corrected chi connectivity index (χ2v) is 6.11. The van der Waals surface area contributed by atoms with Gasteiger partial charge in [0, 0.05) is 11.1 Å². The van der Waals surface area contributed by atoms with Gasteiger partial charge in [-0.3, -0.25) is 0 Å². The van der Waals surface area contributed by atoms with Gasteiger partial charge in [-0.15, -0.1) is 0 Å². The van der Waals surface area contributed by atoms with E-state index in [1.165, 1.54) is 22.3 Å². The van der Waals surface area contributed by atoms with Gasteiger partial charge in [0.25, 0.3) is 0 Å². The van der Waals surface area contributed by atoms with Crippen LogP contribution in [0, 0.1) is 20.8 Å². The minimum absolute atomic E-state index is 0.326. The lowest BCUT2D eigenvalue weighted by atomic mass is 9.92. The zero-order valence-electron chi connectivity index (χ0n) is 13.3. The van der Waals surface area contributed by atoms with Crippen LogP contribution in [0.4, 0.5) is 0 Å². The number of nitrogens with one attached hydrogen (secondary N) is 1. The normalized spacial score (nSPS) is 12.4. The molecule has 0 amide bonds. The third-order valence-corrected chi connectivity index (χ3v) is 4.47. The van der Waals surface area contributed by atoms with Crippen molar-refractivity contribution in [3.05, 3.63) is 69.2 Å². The van der Waals surface area contributed by atoms with E-state index < -0.39 is 0 Å². The van der Waals surface area contributed by atoms with Gasteiger partial charge in [-0.25, -0.2) is 0 Å². The van der Waals surface area contributed by atoms with Gasteiger partial charge >= 0.3 is 0 Å². The molecule has 2 aromatic rings. The Morgan fingerprint density at radius 1 is 1.00 bits per heavy atom. The molecule has 0 aliphatic rings. The second-order valence-electron chi connectivity index (χ2n) is 5.70. The van der Waals surface area contributed by atoms with E-state index in [9.17, 15) is 0 Å². The van der Waals surface area contributed by atoms with E-state index in [0.717, 1.165) is 23.6 Å². The Balaban J connectivity index is 2.35. The zero-order valence-corrected chi connectivity index (χ0v) is 14.1. The molecule has 0 aromatic heterocycles. The van der Waals surface area contributed by atoms with E-state index in [0.29, 0.717) is 6.04 Å². The highest BCUT2D eigenvalue weighted by molar-refractivity contribution is 6.31. The molecule has 0 aliphatic heterocycles. The average molecular weight is 302 g/mol. The van der Waals surface area contributed by atoms with Crippen molar-refractivity contribution in [2.24, 2.45) is 0 Å². The maximum absolute atomic E-state index is 6.23. The van der Waals surface area contributed by atoms with Crippen LogP contribution < -0.4 is 5.32 Å². The first kappa shape index (κ1) is 16.1. The molecule has 112 valence electrons. The largest absolute Gasteiger partial charge is 0.310 e. The third-order valence-electron chi connectivity index (χ3n) is 4.06. The molecular formula is C19H24ClN. The molecule has 0 heterocycles. The van der Waals surface area contributed by atoms with Crippen molar-refractivity contribution >= 4 is 11.6 Å². The summed E-state index contributed by atoms with van der Waals surface area (Å²) < 4.78 is 0. The van der Waals surface area contributed by atoms with Gasteiger partial charge in [0.15, 0.2) is 0 Å². The van der Waals surface area contributed by atoms with Crippen molar-refractivity contribution in [2.45, 2.75) is 40.2 Å². The van der Waals surface area contributed by atoms with Gasteiger partial charge in [0.05, 0.1) is 0 Å². The lowest BCUT2D eigenvalue weighted by Gasteiger charge is -2.22. The minimum Gasteiger partial charge on any atom is -0.310 e. The molecule has 2 rings (SSSR count). The number of likely N-dealkylation sites (N-methyl/N-ethyl adjacent to an activating group) is 1. The highest BCUT2D eigenvalue weighted by Crippen LogP contribution is 2.28. The Labute approximate surface area is 133 Å². The Morgan fingerprint density at radius 2 is 1.71 bits per heavy atom. The van der Waals surface area contributed by atoms with Crippen LogP contribution in [-0.4, -0.2) is 6.54 Å². The smallest absolute Gasteiger partial charge is 0.0438 e. The quantitative estimate of drug-likeness (QED) is 0.804. The summed E-state index contributed by atoms with van der Waals surface area (Å²) in [7, 11) is 0. The van der Waals surface area contributed by atoms with Crippen LogP contribution in [-0.2, 0) is 6.42 Å². The first-order valence-corrected chi connectivity index (χ1v) is 7.95. The molecule has 1 unspecified atom stereocenters. The fraction of sp³-hybridized carbons (Fsp3) is 0.368. The topological polar surface area (TPSA) is 12.0 Å². The zero-order chi connectivity index (χ0) is 15.4. The van der Waals surface area contributed by atoms with E-state index in [4.69, 9.17) is 11.6 Å². The number of hydrogen-bond acceptors (Lipinski definition) is 1. The van der Waals surface area contributed by atoms with Crippen LogP contribution in [0.25, 0.3) is 0 Å². The van der Waals surface area contributed by atoms with Gasteiger partial charge < -0.3 is 5.32 Å². The Morgan fingerprint density at radius 3 is 2.38 bits per heavy atom. The molecule has 0 bridgehead atoms. The van der Waals surface area contributed by atoms with E-state index >= 15 is 0 Å². The molecule has 0 spiro atoms. The van der Waals surface area contributed by atoms with Crippen molar-refractivity contribution in [3.8, 4) is 0 Å². The van der Waals surface area contributed by atoms with E-state index in [1.54, 1.807) is 0 Å². The van der Waals surface area contributed by atoms with Crippen LogP contribution in [0.2, 0.25) is 5.02 Å².